The van der Waals surface area contributed by atoms with Crippen molar-refractivity contribution in [2.75, 3.05) is 12.3 Å². The molecule has 1 aliphatic carbocycles. The summed E-state index contributed by atoms with van der Waals surface area (Å²) in [6.07, 6.45) is 6.09. The molecule has 1 fully saturated rings. The van der Waals surface area contributed by atoms with Crippen LogP contribution < -0.4 is 16.8 Å². The van der Waals surface area contributed by atoms with Crippen LogP contribution in [0.25, 0.3) is 20.7 Å². The largest absolute Gasteiger partial charge is 0.397 e. The molecular weight excluding hydrogens is 531 g/mol. The third-order valence-corrected chi connectivity index (χ3v) is 10.3. The molecule has 4 aromatic rings. The number of carbonyl (C=O) groups is 1. The zero-order chi connectivity index (χ0) is 26.2. The molecule has 0 spiro atoms. The normalized spacial score (nSPS) is 19.1. The van der Waals surface area contributed by atoms with Crippen molar-refractivity contribution in [3.8, 4) is 10.4 Å². The summed E-state index contributed by atoms with van der Waals surface area (Å²) in [5.74, 6) is 0.263. The van der Waals surface area contributed by atoms with Crippen LogP contribution in [0.3, 0.4) is 0 Å². The Hall–Kier alpha value is -2.85. The highest BCUT2D eigenvalue weighted by Gasteiger charge is 2.31. The average Bonchev–Trinajstić information content (AvgIpc) is 3.67. The van der Waals surface area contributed by atoms with Crippen molar-refractivity contribution >= 4 is 61.7 Å². The standard InChI is InChI=1S/C29H31N5OS3/c30-26-25-24(22-7-4-12-37-22)20-15-34(16-21(20)33-29(25)38-27(26)28(31)35)23(36)14-32-19-10-8-18(9-11-19)13-17-5-2-1-3-6-17/h1-7,12,18-19,32H,8-11,13-16,30H2,(H2,31,35). The molecule has 0 bridgehead atoms. The number of aromatic nitrogens is 1. The van der Waals surface area contributed by atoms with Gasteiger partial charge in [0.05, 0.1) is 22.9 Å². The highest BCUT2D eigenvalue weighted by molar-refractivity contribution is 7.80. The molecule has 38 heavy (non-hydrogen) atoms. The molecule has 6 rings (SSSR count). The second-order valence-corrected chi connectivity index (χ2v) is 12.7. The Morgan fingerprint density at radius 1 is 1.11 bits per heavy atom. The number of anilines is 1. The number of nitrogens with two attached hydrogens (primary N) is 2. The molecule has 0 atom stereocenters. The monoisotopic (exact) mass is 561 g/mol. The molecule has 1 aromatic carbocycles. The summed E-state index contributed by atoms with van der Waals surface area (Å²) in [5, 5.41) is 6.63. The molecule has 5 N–H and O–H groups in total. The maximum Gasteiger partial charge on any atom is 0.260 e. The molecule has 1 saturated carbocycles. The van der Waals surface area contributed by atoms with Gasteiger partial charge in [-0.2, -0.15) is 0 Å². The highest BCUT2D eigenvalue weighted by atomic mass is 32.1. The van der Waals surface area contributed by atoms with Crippen molar-refractivity contribution < 1.29 is 4.79 Å². The zero-order valence-electron chi connectivity index (χ0n) is 21.1. The fourth-order valence-corrected chi connectivity index (χ4v) is 7.87. The fourth-order valence-electron chi connectivity index (χ4n) is 5.88. The first-order valence-corrected chi connectivity index (χ1v) is 15.2. The maximum atomic E-state index is 12.0. The maximum absolute atomic E-state index is 12.0. The van der Waals surface area contributed by atoms with E-state index in [4.69, 9.17) is 28.7 Å². The first-order valence-electron chi connectivity index (χ1n) is 13.1. The van der Waals surface area contributed by atoms with Gasteiger partial charge in [-0.1, -0.05) is 48.6 Å². The molecule has 0 unspecified atom stereocenters. The summed E-state index contributed by atoms with van der Waals surface area (Å²) >= 11 is 8.85. The molecule has 3 aromatic heterocycles. The lowest BCUT2D eigenvalue weighted by Crippen LogP contribution is -2.40. The van der Waals surface area contributed by atoms with Crippen molar-refractivity contribution in [3.05, 3.63) is 69.5 Å². The predicted molar refractivity (Wildman–Crippen MR) is 162 cm³/mol. The minimum absolute atomic E-state index is 0.379. The first-order chi connectivity index (χ1) is 18.5. The van der Waals surface area contributed by atoms with Gasteiger partial charge in [0.25, 0.3) is 5.91 Å². The Morgan fingerprint density at radius 3 is 2.61 bits per heavy atom. The van der Waals surface area contributed by atoms with Crippen molar-refractivity contribution in [2.45, 2.75) is 51.2 Å². The van der Waals surface area contributed by atoms with Crippen LogP contribution in [0.15, 0.2) is 47.8 Å². The second kappa shape index (κ2) is 10.7. The van der Waals surface area contributed by atoms with Gasteiger partial charge >= 0.3 is 0 Å². The van der Waals surface area contributed by atoms with E-state index in [0.717, 1.165) is 42.8 Å². The van der Waals surface area contributed by atoms with Crippen LogP contribution in [0.4, 0.5) is 5.69 Å². The van der Waals surface area contributed by atoms with E-state index in [0.29, 0.717) is 36.2 Å². The van der Waals surface area contributed by atoms with Crippen LogP contribution in [0.1, 0.15) is 52.2 Å². The van der Waals surface area contributed by atoms with Crippen molar-refractivity contribution in [1.29, 1.82) is 0 Å². The van der Waals surface area contributed by atoms with Crippen LogP contribution in [0, 0.1) is 5.92 Å². The molecule has 1 amide bonds. The number of benzene rings is 1. The Morgan fingerprint density at radius 2 is 1.89 bits per heavy atom. The average molecular weight is 562 g/mol. The van der Waals surface area contributed by atoms with E-state index in [2.05, 4.69) is 52.0 Å². The molecule has 9 heteroatoms. The summed E-state index contributed by atoms with van der Waals surface area (Å²) in [5.41, 5.74) is 17.1. The van der Waals surface area contributed by atoms with Crippen molar-refractivity contribution in [3.63, 3.8) is 0 Å². The quantitative estimate of drug-likeness (QED) is 0.249. The molecule has 1 aliphatic heterocycles. The number of amides is 1. The molecule has 196 valence electrons. The molecule has 0 radical (unpaired) electrons. The number of hydrogen-bond donors (Lipinski definition) is 3. The van der Waals surface area contributed by atoms with Gasteiger partial charge in [-0.3, -0.25) is 4.79 Å². The number of nitrogens with one attached hydrogen (secondary N) is 1. The number of nitrogens with zero attached hydrogens (tertiary/aromatic N) is 2. The minimum atomic E-state index is -0.509. The lowest BCUT2D eigenvalue weighted by atomic mass is 9.82. The van der Waals surface area contributed by atoms with Gasteiger partial charge in [0.2, 0.25) is 0 Å². The Balaban J connectivity index is 1.12. The number of primary amides is 1. The van der Waals surface area contributed by atoms with E-state index in [1.807, 2.05) is 6.07 Å². The van der Waals surface area contributed by atoms with Crippen LogP contribution in [-0.2, 0) is 19.5 Å². The van der Waals surface area contributed by atoms with E-state index in [1.165, 1.54) is 49.0 Å². The van der Waals surface area contributed by atoms with Gasteiger partial charge < -0.3 is 21.7 Å². The van der Waals surface area contributed by atoms with E-state index < -0.39 is 5.91 Å². The number of hydrogen-bond acceptors (Lipinski definition) is 7. The number of rotatable bonds is 7. The van der Waals surface area contributed by atoms with E-state index in [1.54, 1.807) is 11.3 Å². The van der Waals surface area contributed by atoms with Gasteiger partial charge in [-0.05, 0) is 55.0 Å². The smallest absolute Gasteiger partial charge is 0.260 e. The third kappa shape index (κ3) is 4.96. The van der Waals surface area contributed by atoms with Crippen LogP contribution in [0.5, 0.6) is 0 Å². The summed E-state index contributed by atoms with van der Waals surface area (Å²) in [6, 6.07) is 15.5. The zero-order valence-corrected chi connectivity index (χ0v) is 23.6. The van der Waals surface area contributed by atoms with Crippen LogP contribution in [-0.4, -0.2) is 33.4 Å². The third-order valence-electron chi connectivity index (χ3n) is 7.85. The SMILES string of the molecule is NC(=O)c1sc2nc3c(c(-c4cccs4)c2c1N)CN(C(=S)CNC1CCC(Cc2ccccc2)CC1)C3. The van der Waals surface area contributed by atoms with Gasteiger partial charge in [-0.15, -0.1) is 22.7 Å². The Bertz CT molecular complexity index is 1470. The summed E-state index contributed by atoms with van der Waals surface area (Å²) < 4.78 is 0. The molecule has 4 heterocycles. The highest BCUT2D eigenvalue weighted by Crippen LogP contribution is 2.45. The Labute approximate surface area is 236 Å². The van der Waals surface area contributed by atoms with Crippen LogP contribution >= 0.6 is 34.9 Å². The number of thiocarbonyl (C=S) groups is 1. The molecular formula is C29H31N5OS3. The van der Waals surface area contributed by atoms with Gasteiger partial charge in [0.15, 0.2) is 0 Å². The lowest BCUT2D eigenvalue weighted by molar-refractivity contribution is 0.100. The van der Waals surface area contributed by atoms with Gasteiger partial charge in [0, 0.05) is 40.5 Å². The summed E-state index contributed by atoms with van der Waals surface area (Å²) in [7, 11) is 0. The van der Waals surface area contributed by atoms with Crippen molar-refractivity contribution in [1.82, 2.24) is 15.2 Å². The topological polar surface area (TPSA) is 97.3 Å². The van der Waals surface area contributed by atoms with Crippen molar-refractivity contribution in [2.24, 2.45) is 11.7 Å². The minimum Gasteiger partial charge on any atom is -0.397 e. The number of carbonyl (C=O) groups excluding carboxylic acids is 1. The molecule has 0 saturated heterocycles. The Kier molecular flexibility index (Phi) is 7.18. The fraction of sp³-hybridized carbons (Fsp3) is 0.345. The van der Waals surface area contributed by atoms with E-state index >= 15 is 0 Å². The summed E-state index contributed by atoms with van der Waals surface area (Å²) in [4.78, 5) is 22.3. The molecule has 6 nitrogen and oxygen atoms in total. The van der Waals surface area contributed by atoms with Crippen LogP contribution in [0.2, 0.25) is 0 Å². The summed E-state index contributed by atoms with van der Waals surface area (Å²) in [6.45, 7) is 2.06. The predicted octanol–water partition coefficient (Wildman–Crippen LogP) is 5.74. The second-order valence-electron chi connectivity index (χ2n) is 10.3. The molecule has 2 aliphatic rings. The number of pyridine rings is 1. The number of fused-ring (bicyclic) bond motifs is 2. The number of thiophene rings is 2. The van der Waals surface area contributed by atoms with Gasteiger partial charge in [-0.25, -0.2) is 4.98 Å². The van der Waals surface area contributed by atoms with E-state index in [-0.39, 0.29) is 0 Å². The van der Waals surface area contributed by atoms with Gasteiger partial charge in [0.1, 0.15) is 9.71 Å². The first kappa shape index (κ1) is 25.4. The lowest BCUT2D eigenvalue weighted by Gasteiger charge is -2.30. The van der Waals surface area contributed by atoms with E-state index in [9.17, 15) is 4.79 Å². The number of nitrogen functional groups attached to an aromatic ring is 1.